The van der Waals surface area contributed by atoms with Crippen LogP contribution in [0.1, 0.15) is 12.5 Å². The van der Waals surface area contributed by atoms with Gasteiger partial charge in [-0.3, -0.25) is 9.69 Å². The molecule has 0 aliphatic rings. The first kappa shape index (κ1) is 16.6. The number of benzene rings is 1. The first-order valence-electron chi connectivity index (χ1n) is 6.89. The second-order valence-corrected chi connectivity index (χ2v) is 5.35. The lowest BCUT2D eigenvalue weighted by atomic mass is 10.2. The predicted molar refractivity (Wildman–Crippen MR) is 83.6 cm³/mol. The number of rotatable bonds is 7. The Morgan fingerprint density at radius 3 is 2.30 bits per heavy atom. The van der Waals surface area contributed by atoms with Crippen molar-refractivity contribution in [2.75, 3.05) is 39.5 Å². The van der Waals surface area contributed by atoms with E-state index >= 15 is 0 Å². The van der Waals surface area contributed by atoms with E-state index in [9.17, 15) is 4.79 Å². The second-order valence-electron chi connectivity index (χ2n) is 5.35. The lowest BCUT2D eigenvalue weighted by molar-refractivity contribution is -0.120. The van der Waals surface area contributed by atoms with E-state index in [0.717, 1.165) is 24.3 Å². The fourth-order valence-electron chi connectivity index (χ4n) is 1.72. The van der Waals surface area contributed by atoms with Crippen LogP contribution in [0, 0.1) is 0 Å². The lowest BCUT2D eigenvalue weighted by Crippen LogP contribution is -2.42. The zero-order chi connectivity index (χ0) is 15.1. The van der Waals surface area contributed by atoms with Crippen molar-refractivity contribution in [1.29, 1.82) is 0 Å². The predicted octanol–water partition coefficient (Wildman–Crippen LogP) is 0.966. The maximum absolute atomic E-state index is 12.2. The molecule has 1 unspecified atom stereocenters. The highest BCUT2D eigenvalue weighted by Gasteiger charge is 2.17. The number of nitrogens with two attached hydrogens (primary N) is 1. The summed E-state index contributed by atoms with van der Waals surface area (Å²) in [5.74, 6) is 0.00625. The van der Waals surface area contributed by atoms with Gasteiger partial charge in [0, 0.05) is 25.3 Å². The van der Waals surface area contributed by atoms with Gasteiger partial charge in [-0.25, -0.2) is 0 Å². The van der Waals surface area contributed by atoms with Crippen LogP contribution < -0.4 is 11.1 Å². The topological polar surface area (TPSA) is 61.6 Å². The normalized spacial score (nSPS) is 12.8. The van der Waals surface area contributed by atoms with Crippen LogP contribution in [0.5, 0.6) is 0 Å². The van der Waals surface area contributed by atoms with Gasteiger partial charge in [-0.2, -0.15) is 0 Å². The molecule has 1 aromatic rings. The first-order chi connectivity index (χ1) is 9.43. The number of nitrogens with zero attached hydrogens (tertiary/aromatic N) is 2. The van der Waals surface area contributed by atoms with Gasteiger partial charge >= 0.3 is 0 Å². The summed E-state index contributed by atoms with van der Waals surface area (Å²) in [5.41, 5.74) is 7.41. The molecule has 20 heavy (non-hydrogen) atoms. The lowest BCUT2D eigenvalue weighted by Gasteiger charge is -2.25. The fourth-order valence-corrected chi connectivity index (χ4v) is 1.72. The van der Waals surface area contributed by atoms with Crippen LogP contribution in [0.2, 0.25) is 0 Å². The van der Waals surface area contributed by atoms with Gasteiger partial charge in [0.25, 0.3) is 0 Å². The Labute approximate surface area is 121 Å². The smallest absolute Gasteiger partial charge is 0.241 e. The van der Waals surface area contributed by atoms with Crippen molar-refractivity contribution in [3.8, 4) is 0 Å². The highest BCUT2D eigenvalue weighted by Crippen LogP contribution is 2.10. The summed E-state index contributed by atoms with van der Waals surface area (Å²) < 4.78 is 0. The van der Waals surface area contributed by atoms with Gasteiger partial charge in [0.05, 0.1) is 6.04 Å². The van der Waals surface area contributed by atoms with Crippen LogP contribution in [0.4, 0.5) is 5.69 Å². The summed E-state index contributed by atoms with van der Waals surface area (Å²) in [4.78, 5) is 16.3. The summed E-state index contributed by atoms with van der Waals surface area (Å²) in [7, 11) is 6.01. The zero-order valence-electron chi connectivity index (χ0n) is 12.9. The number of carbonyl (C=O) groups excluding carboxylic acids is 1. The molecule has 0 spiro atoms. The Kier molecular flexibility index (Phi) is 6.64. The third kappa shape index (κ3) is 5.28. The Morgan fingerprint density at radius 1 is 1.20 bits per heavy atom. The van der Waals surface area contributed by atoms with E-state index in [1.807, 2.05) is 57.2 Å². The minimum absolute atomic E-state index is 0.00625. The maximum Gasteiger partial charge on any atom is 0.241 e. The number of anilines is 1. The van der Waals surface area contributed by atoms with Crippen molar-refractivity contribution in [3.63, 3.8) is 0 Å². The van der Waals surface area contributed by atoms with Crippen molar-refractivity contribution in [1.82, 2.24) is 9.80 Å². The number of carbonyl (C=O) groups is 1. The van der Waals surface area contributed by atoms with Gasteiger partial charge in [0.2, 0.25) is 5.91 Å². The average molecular weight is 278 g/mol. The summed E-state index contributed by atoms with van der Waals surface area (Å²) >= 11 is 0. The van der Waals surface area contributed by atoms with E-state index in [4.69, 9.17) is 5.73 Å². The van der Waals surface area contributed by atoms with Crippen molar-refractivity contribution in [2.24, 2.45) is 5.73 Å². The molecule has 3 N–H and O–H groups in total. The Hall–Kier alpha value is -1.43. The Bertz CT molecular complexity index is 416. The molecule has 0 aliphatic carbocycles. The highest BCUT2D eigenvalue weighted by molar-refractivity contribution is 5.94. The van der Waals surface area contributed by atoms with E-state index in [2.05, 4.69) is 10.2 Å². The quantitative estimate of drug-likeness (QED) is 0.780. The molecule has 0 fully saturated rings. The molecule has 1 rings (SSSR count). The maximum atomic E-state index is 12.2. The van der Waals surface area contributed by atoms with E-state index in [1.165, 1.54) is 0 Å². The van der Waals surface area contributed by atoms with Gasteiger partial charge in [-0.15, -0.1) is 0 Å². The summed E-state index contributed by atoms with van der Waals surface area (Å²) in [6, 6.07) is 7.45. The Balaban J connectivity index is 2.51. The molecule has 0 saturated carbocycles. The second kappa shape index (κ2) is 7.99. The van der Waals surface area contributed by atoms with Crippen molar-refractivity contribution in [2.45, 2.75) is 19.5 Å². The van der Waals surface area contributed by atoms with E-state index in [1.54, 1.807) is 0 Å². The standard InChI is InChI=1S/C15H26N4O/c1-12(19(4)10-9-18(2)3)15(20)17-14-7-5-13(11-16)6-8-14/h5-8,12H,9-11,16H2,1-4H3,(H,17,20). The summed E-state index contributed by atoms with van der Waals surface area (Å²) in [6.07, 6.45) is 0. The van der Waals surface area contributed by atoms with Gasteiger partial charge in [-0.05, 0) is 45.8 Å². The molecule has 112 valence electrons. The molecular weight excluding hydrogens is 252 g/mol. The van der Waals surface area contributed by atoms with E-state index in [-0.39, 0.29) is 11.9 Å². The Morgan fingerprint density at radius 2 is 1.80 bits per heavy atom. The molecule has 5 heteroatoms. The number of nitrogens with one attached hydrogen (secondary N) is 1. The molecule has 1 atom stereocenters. The number of hydrogen-bond donors (Lipinski definition) is 2. The zero-order valence-corrected chi connectivity index (χ0v) is 12.9. The molecule has 0 aromatic heterocycles. The van der Waals surface area contributed by atoms with Crippen molar-refractivity contribution >= 4 is 11.6 Å². The van der Waals surface area contributed by atoms with Gasteiger partial charge in [-0.1, -0.05) is 12.1 Å². The van der Waals surface area contributed by atoms with Crippen LogP contribution >= 0.6 is 0 Å². The van der Waals surface area contributed by atoms with Crippen molar-refractivity contribution in [3.05, 3.63) is 29.8 Å². The van der Waals surface area contributed by atoms with Crippen LogP contribution in [0.15, 0.2) is 24.3 Å². The van der Waals surface area contributed by atoms with Gasteiger partial charge in [0.15, 0.2) is 0 Å². The minimum Gasteiger partial charge on any atom is -0.326 e. The SMILES string of the molecule is CC(C(=O)Nc1ccc(CN)cc1)N(C)CCN(C)C. The van der Waals surface area contributed by atoms with E-state index < -0.39 is 0 Å². The number of likely N-dealkylation sites (N-methyl/N-ethyl adjacent to an activating group) is 2. The fraction of sp³-hybridized carbons (Fsp3) is 0.533. The van der Waals surface area contributed by atoms with E-state index in [0.29, 0.717) is 6.54 Å². The van der Waals surface area contributed by atoms with Gasteiger partial charge < -0.3 is 16.0 Å². The van der Waals surface area contributed by atoms with Crippen LogP contribution in [-0.4, -0.2) is 56.0 Å². The minimum atomic E-state index is -0.163. The number of hydrogen-bond acceptors (Lipinski definition) is 4. The highest BCUT2D eigenvalue weighted by atomic mass is 16.2. The monoisotopic (exact) mass is 278 g/mol. The third-order valence-electron chi connectivity index (χ3n) is 3.40. The third-order valence-corrected chi connectivity index (χ3v) is 3.40. The largest absolute Gasteiger partial charge is 0.326 e. The summed E-state index contributed by atoms with van der Waals surface area (Å²) in [5, 5.41) is 2.93. The van der Waals surface area contributed by atoms with Crippen LogP contribution in [0.3, 0.4) is 0 Å². The molecule has 0 radical (unpaired) electrons. The summed E-state index contributed by atoms with van der Waals surface area (Å²) in [6.45, 7) is 4.21. The molecule has 1 amide bonds. The number of amides is 1. The first-order valence-corrected chi connectivity index (χ1v) is 6.89. The van der Waals surface area contributed by atoms with Crippen LogP contribution in [0.25, 0.3) is 0 Å². The molecule has 0 saturated heterocycles. The van der Waals surface area contributed by atoms with Gasteiger partial charge in [0.1, 0.15) is 0 Å². The molecule has 5 nitrogen and oxygen atoms in total. The molecule has 1 aromatic carbocycles. The average Bonchev–Trinajstić information content (AvgIpc) is 2.44. The van der Waals surface area contributed by atoms with Crippen LogP contribution in [-0.2, 0) is 11.3 Å². The molecule has 0 heterocycles. The molecule has 0 aliphatic heterocycles. The van der Waals surface area contributed by atoms with Crippen molar-refractivity contribution < 1.29 is 4.79 Å². The molecular formula is C15H26N4O. The molecule has 0 bridgehead atoms.